The normalized spacial score (nSPS) is 23.3. The molecule has 0 saturated carbocycles. The second-order valence-corrected chi connectivity index (χ2v) is 4.98. The Morgan fingerprint density at radius 2 is 1.65 bits per heavy atom. The lowest BCUT2D eigenvalue weighted by molar-refractivity contribution is -0.157. The van der Waals surface area contributed by atoms with Crippen LogP contribution in [0.25, 0.3) is 0 Å². The molecule has 1 saturated heterocycles. The van der Waals surface area contributed by atoms with Crippen LogP contribution >= 0.6 is 0 Å². The number of carboxylic acids is 2. The van der Waals surface area contributed by atoms with Crippen LogP contribution in [0.2, 0.25) is 0 Å². The molecule has 2 unspecified atom stereocenters. The van der Waals surface area contributed by atoms with Crippen molar-refractivity contribution in [3.8, 4) is 0 Å². The van der Waals surface area contributed by atoms with Gasteiger partial charge in [-0.3, -0.25) is 19.3 Å². The van der Waals surface area contributed by atoms with E-state index in [4.69, 9.17) is 10.2 Å². The highest BCUT2D eigenvalue weighted by Gasteiger charge is 2.39. The zero-order chi connectivity index (χ0) is 15.3. The highest BCUT2D eigenvalue weighted by atomic mass is 16.4. The minimum atomic E-state index is -1.11. The number of hydrogen-bond donors (Lipinski definition) is 2. The van der Waals surface area contributed by atoms with Gasteiger partial charge in [-0.15, -0.1) is 0 Å². The molecule has 1 heterocycles. The van der Waals surface area contributed by atoms with Crippen molar-refractivity contribution >= 4 is 17.8 Å². The molecular formula is C13H22N2O5. The van der Waals surface area contributed by atoms with Gasteiger partial charge in [-0.1, -0.05) is 0 Å². The average molecular weight is 286 g/mol. The molecule has 0 spiro atoms. The Morgan fingerprint density at radius 3 is 2.10 bits per heavy atom. The van der Waals surface area contributed by atoms with E-state index in [2.05, 4.69) is 0 Å². The van der Waals surface area contributed by atoms with Gasteiger partial charge >= 0.3 is 11.9 Å². The summed E-state index contributed by atoms with van der Waals surface area (Å²) in [6, 6.07) is 0. The van der Waals surface area contributed by atoms with E-state index in [1.165, 1.54) is 0 Å². The van der Waals surface area contributed by atoms with Crippen molar-refractivity contribution in [3.05, 3.63) is 0 Å². The Hall–Kier alpha value is -1.63. The molecule has 2 N–H and O–H groups in total. The maximum absolute atomic E-state index is 12.0. The van der Waals surface area contributed by atoms with Gasteiger partial charge in [0.15, 0.2) is 0 Å². The molecule has 2 atom stereocenters. The first-order valence-corrected chi connectivity index (χ1v) is 6.86. The molecule has 7 heteroatoms. The van der Waals surface area contributed by atoms with Crippen molar-refractivity contribution in [1.82, 2.24) is 9.80 Å². The summed E-state index contributed by atoms with van der Waals surface area (Å²) in [5.74, 6) is -4.06. The van der Waals surface area contributed by atoms with Crippen LogP contribution in [0.4, 0.5) is 0 Å². The quantitative estimate of drug-likeness (QED) is 0.711. The number of carbonyl (C=O) groups is 3. The van der Waals surface area contributed by atoms with E-state index in [0.29, 0.717) is 19.6 Å². The molecule has 0 aromatic carbocycles. The first-order valence-electron chi connectivity index (χ1n) is 6.86. The Balaban J connectivity index is 2.65. The number of piperidine rings is 1. The van der Waals surface area contributed by atoms with E-state index in [-0.39, 0.29) is 25.4 Å². The van der Waals surface area contributed by atoms with Gasteiger partial charge < -0.3 is 15.1 Å². The summed E-state index contributed by atoms with van der Waals surface area (Å²) in [5, 5.41) is 18.2. The second-order valence-electron chi connectivity index (χ2n) is 4.98. The smallest absolute Gasteiger partial charge is 0.308 e. The molecule has 0 aliphatic carbocycles. The molecule has 0 aromatic heterocycles. The first-order chi connectivity index (χ1) is 9.40. The Bertz CT molecular complexity index is 381. The van der Waals surface area contributed by atoms with Crippen molar-refractivity contribution in [1.29, 1.82) is 0 Å². The minimum absolute atomic E-state index is 0.0482. The standard InChI is InChI=1S/C13H22N2O5/c1-3-15(4-2)11(16)8-14-6-5-9(12(17)18)10(7-14)13(19)20/h9-10H,3-8H2,1-2H3,(H,17,18)(H,19,20). The summed E-state index contributed by atoms with van der Waals surface area (Å²) >= 11 is 0. The third-order valence-corrected chi connectivity index (χ3v) is 3.81. The maximum atomic E-state index is 12.0. The van der Waals surface area contributed by atoms with E-state index in [9.17, 15) is 14.4 Å². The summed E-state index contributed by atoms with van der Waals surface area (Å²) in [6.45, 7) is 5.70. The van der Waals surface area contributed by atoms with Crippen LogP contribution < -0.4 is 0 Å². The van der Waals surface area contributed by atoms with Gasteiger partial charge in [0, 0.05) is 19.6 Å². The van der Waals surface area contributed by atoms with Gasteiger partial charge in [0.2, 0.25) is 5.91 Å². The number of likely N-dealkylation sites (N-methyl/N-ethyl adjacent to an activating group) is 1. The van der Waals surface area contributed by atoms with Gasteiger partial charge in [-0.25, -0.2) is 0 Å². The Labute approximate surface area is 118 Å². The summed E-state index contributed by atoms with van der Waals surface area (Å²) in [7, 11) is 0. The third-order valence-electron chi connectivity index (χ3n) is 3.81. The lowest BCUT2D eigenvalue weighted by atomic mass is 9.85. The summed E-state index contributed by atoms with van der Waals surface area (Å²) < 4.78 is 0. The number of hydrogen-bond acceptors (Lipinski definition) is 4. The third kappa shape index (κ3) is 3.93. The summed E-state index contributed by atoms with van der Waals surface area (Å²) in [6.07, 6.45) is 0.262. The van der Waals surface area contributed by atoms with E-state index in [1.807, 2.05) is 13.8 Å². The molecule has 0 radical (unpaired) electrons. The lowest BCUT2D eigenvalue weighted by Gasteiger charge is -2.35. The van der Waals surface area contributed by atoms with Gasteiger partial charge in [0.05, 0.1) is 18.4 Å². The van der Waals surface area contributed by atoms with E-state index >= 15 is 0 Å². The topological polar surface area (TPSA) is 98.2 Å². The zero-order valence-electron chi connectivity index (χ0n) is 11.9. The van der Waals surface area contributed by atoms with Crippen LogP contribution in [-0.4, -0.2) is 70.6 Å². The largest absolute Gasteiger partial charge is 0.481 e. The maximum Gasteiger partial charge on any atom is 0.308 e. The van der Waals surface area contributed by atoms with Gasteiger partial charge in [0.25, 0.3) is 0 Å². The fourth-order valence-electron chi connectivity index (χ4n) is 2.58. The van der Waals surface area contributed by atoms with Crippen LogP contribution in [0.5, 0.6) is 0 Å². The highest BCUT2D eigenvalue weighted by Crippen LogP contribution is 2.24. The monoisotopic (exact) mass is 286 g/mol. The fourth-order valence-corrected chi connectivity index (χ4v) is 2.58. The summed E-state index contributed by atoms with van der Waals surface area (Å²) in [5.41, 5.74) is 0. The number of nitrogens with zero attached hydrogens (tertiary/aromatic N) is 2. The minimum Gasteiger partial charge on any atom is -0.481 e. The van der Waals surface area contributed by atoms with Crippen molar-refractivity contribution in [2.24, 2.45) is 11.8 Å². The predicted octanol–water partition coefficient (Wildman–Crippen LogP) is -0.0379. The first kappa shape index (κ1) is 16.4. The Kier molecular flexibility index (Phi) is 5.94. The van der Waals surface area contributed by atoms with Crippen LogP contribution in [0.3, 0.4) is 0 Å². The number of rotatable bonds is 6. The average Bonchev–Trinajstić information content (AvgIpc) is 2.39. The molecule has 7 nitrogen and oxygen atoms in total. The number of carbonyl (C=O) groups excluding carboxylic acids is 1. The van der Waals surface area contributed by atoms with Crippen LogP contribution in [-0.2, 0) is 14.4 Å². The molecular weight excluding hydrogens is 264 g/mol. The van der Waals surface area contributed by atoms with E-state index in [0.717, 1.165) is 0 Å². The molecule has 114 valence electrons. The van der Waals surface area contributed by atoms with Gasteiger partial charge in [-0.05, 0) is 26.8 Å². The van der Waals surface area contributed by atoms with Crippen LogP contribution in [0.15, 0.2) is 0 Å². The molecule has 1 aliphatic heterocycles. The molecule has 0 bridgehead atoms. The molecule has 1 fully saturated rings. The van der Waals surface area contributed by atoms with E-state index < -0.39 is 23.8 Å². The van der Waals surface area contributed by atoms with E-state index in [1.54, 1.807) is 9.80 Å². The Morgan fingerprint density at radius 1 is 1.10 bits per heavy atom. The zero-order valence-corrected chi connectivity index (χ0v) is 11.9. The molecule has 20 heavy (non-hydrogen) atoms. The van der Waals surface area contributed by atoms with Crippen molar-refractivity contribution < 1.29 is 24.6 Å². The van der Waals surface area contributed by atoms with Crippen molar-refractivity contribution in [2.75, 3.05) is 32.7 Å². The highest BCUT2D eigenvalue weighted by molar-refractivity contribution is 5.81. The summed E-state index contributed by atoms with van der Waals surface area (Å²) in [4.78, 5) is 37.6. The molecule has 1 rings (SSSR count). The predicted molar refractivity (Wildman–Crippen MR) is 71.2 cm³/mol. The van der Waals surface area contributed by atoms with Crippen molar-refractivity contribution in [3.63, 3.8) is 0 Å². The fraction of sp³-hybridized carbons (Fsp3) is 0.769. The number of aliphatic carboxylic acids is 2. The SMILES string of the molecule is CCN(CC)C(=O)CN1CCC(C(=O)O)C(C(=O)O)C1. The number of likely N-dealkylation sites (tertiary alicyclic amines) is 1. The van der Waals surface area contributed by atoms with Crippen LogP contribution in [0, 0.1) is 11.8 Å². The lowest BCUT2D eigenvalue weighted by Crippen LogP contribution is -2.49. The van der Waals surface area contributed by atoms with Gasteiger partial charge in [0.1, 0.15) is 0 Å². The number of carboxylic acid groups (broad SMARTS) is 2. The van der Waals surface area contributed by atoms with Crippen molar-refractivity contribution in [2.45, 2.75) is 20.3 Å². The molecule has 1 amide bonds. The molecule has 0 aromatic rings. The van der Waals surface area contributed by atoms with Crippen LogP contribution in [0.1, 0.15) is 20.3 Å². The second kappa shape index (κ2) is 7.23. The number of amides is 1. The molecule has 1 aliphatic rings. The van der Waals surface area contributed by atoms with Gasteiger partial charge in [-0.2, -0.15) is 0 Å².